The lowest BCUT2D eigenvalue weighted by molar-refractivity contribution is -0.147. The summed E-state index contributed by atoms with van der Waals surface area (Å²) in [4.78, 5) is 25.3. The lowest BCUT2D eigenvalue weighted by atomic mass is 9.98. The third-order valence-corrected chi connectivity index (χ3v) is 3.96. The first-order valence-electron chi connectivity index (χ1n) is 6.63. The van der Waals surface area contributed by atoms with Gasteiger partial charge in [0, 0.05) is 12.1 Å². The number of amides is 1. The van der Waals surface area contributed by atoms with Gasteiger partial charge >= 0.3 is 5.97 Å². The Bertz CT molecular complexity index is 495. The molecule has 1 unspecified atom stereocenters. The summed E-state index contributed by atoms with van der Waals surface area (Å²) in [7, 11) is 0. The maximum atomic E-state index is 12.4. The van der Waals surface area contributed by atoms with E-state index < -0.39 is 11.5 Å². The topological polar surface area (TPSA) is 57.6 Å². The molecular formula is C15H19NO3. The summed E-state index contributed by atoms with van der Waals surface area (Å²) >= 11 is 0. The van der Waals surface area contributed by atoms with Crippen LogP contribution in [-0.4, -0.2) is 34.0 Å². The van der Waals surface area contributed by atoms with Crippen LogP contribution in [0.4, 0.5) is 0 Å². The van der Waals surface area contributed by atoms with Crippen LogP contribution in [0.15, 0.2) is 24.3 Å². The van der Waals surface area contributed by atoms with Crippen molar-refractivity contribution in [3.05, 3.63) is 35.4 Å². The lowest BCUT2D eigenvalue weighted by Gasteiger charge is -2.31. The van der Waals surface area contributed by atoms with Gasteiger partial charge in [0.25, 0.3) is 5.91 Å². The number of carbonyl (C=O) groups is 2. The van der Waals surface area contributed by atoms with Gasteiger partial charge in [-0.2, -0.15) is 0 Å². The van der Waals surface area contributed by atoms with Crippen LogP contribution < -0.4 is 0 Å². The molecule has 1 aliphatic rings. The van der Waals surface area contributed by atoms with Crippen LogP contribution in [-0.2, 0) is 11.2 Å². The zero-order valence-electron chi connectivity index (χ0n) is 11.3. The Labute approximate surface area is 113 Å². The van der Waals surface area contributed by atoms with E-state index in [0.717, 1.165) is 12.8 Å². The fraction of sp³-hybridized carbons (Fsp3) is 0.467. The highest BCUT2D eigenvalue weighted by Crippen LogP contribution is 2.30. The second-order valence-electron chi connectivity index (χ2n) is 5.19. The predicted molar refractivity (Wildman–Crippen MR) is 72.1 cm³/mol. The van der Waals surface area contributed by atoms with Gasteiger partial charge < -0.3 is 10.0 Å². The Kier molecular flexibility index (Phi) is 3.60. The molecule has 1 aliphatic heterocycles. The summed E-state index contributed by atoms with van der Waals surface area (Å²) in [5, 5.41) is 9.33. The minimum absolute atomic E-state index is 0.190. The van der Waals surface area contributed by atoms with Crippen LogP contribution in [0, 0.1) is 0 Å². The summed E-state index contributed by atoms with van der Waals surface area (Å²) < 4.78 is 0. The lowest BCUT2D eigenvalue weighted by Crippen LogP contribution is -2.50. The monoisotopic (exact) mass is 261 g/mol. The number of carbonyl (C=O) groups excluding carboxylic acids is 1. The number of hydrogen-bond donors (Lipinski definition) is 1. The van der Waals surface area contributed by atoms with Crippen molar-refractivity contribution in [3.8, 4) is 0 Å². The van der Waals surface area contributed by atoms with E-state index in [4.69, 9.17) is 0 Å². The molecule has 1 atom stereocenters. The van der Waals surface area contributed by atoms with Crippen molar-refractivity contribution < 1.29 is 14.7 Å². The SMILES string of the molecule is CCc1ccc(C(=O)N2CCCC2(C)C(=O)O)cc1. The molecule has 2 rings (SSSR count). The molecule has 1 aromatic rings. The van der Waals surface area contributed by atoms with Gasteiger partial charge in [0.1, 0.15) is 5.54 Å². The second kappa shape index (κ2) is 5.03. The molecule has 0 spiro atoms. The number of aliphatic carboxylic acids is 1. The van der Waals surface area contributed by atoms with Crippen molar-refractivity contribution >= 4 is 11.9 Å². The highest BCUT2D eigenvalue weighted by Gasteiger charge is 2.45. The predicted octanol–water partition coefficient (Wildman–Crippen LogP) is 2.33. The maximum absolute atomic E-state index is 12.4. The largest absolute Gasteiger partial charge is 0.480 e. The van der Waals surface area contributed by atoms with Crippen molar-refractivity contribution in [2.24, 2.45) is 0 Å². The molecule has 19 heavy (non-hydrogen) atoms. The molecule has 1 amide bonds. The van der Waals surface area contributed by atoms with E-state index in [-0.39, 0.29) is 5.91 Å². The Morgan fingerprint density at radius 1 is 1.32 bits per heavy atom. The number of likely N-dealkylation sites (tertiary alicyclic amines) is 1. The van der Waals surface area contributed by atoms with Crippen LogP contribution in [0.5, 0.6) is 0 Å². The molecule has 0 radical (unpaired) electrons. The van der Waals surface area contributed by atoms with Gasteiger partial charge in [0.2, 0.25) is 0 Å². The minimum atomic E-state index is -1.07. The number of nitrogens with zero attached hydrogens (tertiary/aromatic N) is 1. The van der Waals surface area contributed by atoms with Gasteiger partial charge in [0.15, 0.2) is 0 Å². The average Bonchev–Trinajstić information content (AvgIpc) is 2.81. The van der Waals surface area contributed by atoms with Crippen molar-refractivity contribution in [3.63, 3.8) is 0 Å². The number of aryl methyl sites for hydroxylation is 1. The summed E-state index contributed by atoms with van der Waals surface area (Å²) in [5.74, 6) is -1.12. The third-order valence-electron chi connectivity index (χ3n) is 3.96. The second-order valence-corrected chi connectivity index (χ2v) is 5.19. The van der Waals surface area contributed by atoms with Crippen molar-refractivity contribution in [2.45, 2.75) is 38.6 Å². The maximum Gasteiger partial charge on any atom is 0.329 e. The Hall–Kier alpha value is -1.84. The number of benzene rings is 1. The van der Waals surface area contributed by atoms with E-state index in [1.807, 2.05) is 12.1 Å². The normalized spacial score (nSPS) is 22.5. The zero-order chi connectivity index (χ0) is 14.0. The summed E-state index contributed by atoms with van der Waals surface area (Å²) in [6, 6.07) is 7.40. The molecule has 1 saturated heterocycles. The first-order valence-corrected chi connectivity index (χ1v) is 6.63. The van der Waals surface area contributed by atoms with Crippen LogP contribution in [0.3, 0.4) is 0 Å². The number of hydrogen-bond acceptors (Lipinski definition) is 2. The van der Waals surface area contributed by atoms with Crippen LogP contribution in [0.1, 0.15) is 42.6 Å². The molecule has 1 N–H and O–H groups in total. The fourth-order valence-corrected chi connectivity index (χ4v) is 2.55. The quantitative estimate of drug-likeness (QED) is 0.908. The third kappa shape index (κ3) is 2.35. The number of rotatable bonds is 3. The van der Waals surface area contributed by atoms with Gasteiger partial charge in [-0.05, 0) is 43.9 Å². The van der Waals surface area contributed by atoms with E-state index in [1.54, 1.807) is 19.1 Å². The van der Waals surface area contributed by atoms with Crippen LogP contribution >= 0.6 is 0 Å². The zero-order valence-corrected chi connectivity index (χ0v) is 11.3. The van der Waals surface area contributed by atoms with Crippen LogP contribution in [0.2, 0.25) is 0 Å². The molecule has 0 saturated carbocycles. The first kappa shape index (κ1) is 13.6. The number of carboxylic acid groups (broad SMARTS) is 1. The summed E-state index contributed by atoms with van der Waals surface area (Å²) in [6.07, 6.45) is 2.17. The smallest absolute Gasteiger partial charge is 0.329 e. The first-order chi connectivity index (χ1) is 8.99. The summed E-state index contributed by atoms with van der Waals surface area (Å²) in [6.45, 7) is 4.19. The van der Waals surface area contributed by atoms with E-state index >= 15 is 0 Å². The molecule has 1 fully saturated rings. The van der Waals surface area contributed by atoms with Gasteiger partial charge in [0.05, 0.1) is 0 Å². The Balaban J connectivity index is 2.25. The van der Waals surface area contributed by atoms with E-state index in [2.05, 4.69) is 6.92 Å². The van der Waals surface area contributed by atoms with Gasteiger partial charge in [-0.15, -0.1) is 0 Å². The Morgan fingerprint density at radius 3 is 2.47 bits per heavy atom. The van der Waals surface area contributed by atoms with Gasteiger partial charge in [-0.1, -0.05) is 19.1 Å². The van der Waals surface area contributed by atoms with E-state index in [1.165, 1.54) is 10.5 Å². The standard InChI is InChI=1S/C15H19NO3/c1-3-11-5-7-12(8-6-11)13(17)16-10-4-9-15(16,2)14(18)19/h5-8H,3-4,9-10H2,1-2H3,(H,18,19). The molecule has 0 aromatic heterocycles. The highest BCUT2D eigenvalue weighted by molar-refractivity contribution is 5.98. The van der Waals surface area contributed by atoms with Crippen molar-refractivity contribution in [2.75, 3.05) is 6.54 Å². The van der Waals surface area contributed by atoms with Gasteiger partial charge in [-0.25, -0.2) is 4.79 Å². The van der Waals surface area contributed by atoms with Crippen molar-refractivity contribution in [1.29, 1.82) is 0 Å². The minimum Gasteiger partial charge on any atom is -0.480 e. The van der Waals surface area contributed by atoms with E-state index in [9.17, 15) is 14.7 Å². The van der Waals surface area contributed by atoms with E-state index in [0.29, 0.717) is 18.5 Å². The molecule has 0 bridgehead atoms. The molecule has 1 aromatic carbocycles. The molecule has 1 heterocycles. The highest BCUT2D eigenvalue weighted by atomic mass is 16.4. The molecule has 102 valence electrons. The Morgan fingerprint density at radius 2 is 1.95 bits per heavy atom. The average molecular weight is 261 g/mol. The molecule has 0 aliphatic carbocycles. The molecular weight excluding hydrogens is 242 g/mol. The summed E-state index contributed by atoms with van der Waals surface area (Å²) in [5.41, 5.74) is 0.658. The molecule has 4 heteroatoms. The fourth-order valence-electron chi connectivity index (χ4n) is 2.55. The van der Waals surface area contributed by atoms with Gasteiger partial charge in [-0.3, -0.25) is 4.79 Å². The number of carboxylic acids is 1. The molecule has 4 nitrogen and oxygen atoms in total. The van der Waals surface area contributed by atoms with Crippen LogP contribution in [0.25, 0.3) is 0 Å². The van der Waals surface area contributed by atoms with Crippen molar-refractivity contribution in [1.82, 2.24) is 4.90 Å².